The van der Waals surface area contributed by atoms with E-state index < -0.39 is 0 Å². The Morgan fingerprint density at radius 1 is 1.18 bits per heavy atom. The van der Waals surface area contributed by atoms with Crippen LogP contribution in [-0.2, 0) is 0 Å². The first kappa shape index (κ1) is 13.7. The molecule has 0 amide bonds. The van der Waals surface area contributed by atoms with Crippen molar-refractivity contribution < 1.29 is 0 Å². The molecule has 0 aromatic heterocycles. The van der Waals surface area contributed by atoms with Gasteiger partial charge in [-0.2, -0.15) is 11.8 Å². The summed E-state index contributed by atoms with van der Waals surface area (Å²) in [7, 11) is 0. The van der Waals surface area contributed by atoms with Crippen LogP contribution in [0.1, 0.15) is 39.0 Å². The smallest absolute Gasteiger partial charge is 0.0226 e. The summed E-state index contributed by atoms with van der Waals surface area (Å²) in [6.07, 6.45) is 7.13. The Kier molecular flexibility index (Phi) is 5.64. The van der Waals surface area contributed by atoms with Crippen LogP contribution in [0.25, 0.3) is 0 Å². The molecule has 3 heteroatoms. The summed E-state index contributed by atoms with van der Waals surface area (Å²) in [4.78, 5) is 2.73. The number of rotatable bonds is 10. The van der Waals surface area contributed by atoms with Crippen molar-refractivity contribution in [1.82, 2.24) is 4.90 Å². The molecule has 0 aliphatic heterocycles. The van der Waals surface area contributed by atoms with Crippen molar-refractivity contribution >= 4 is 11.8 Å². The Balaban J connectivity index is 1.76. The van der Waals surface area contributed by atoms with Crippen LogP contribution in [0, 0.1) is 11.8 Å². The van der Waals surface area contributed by atoms with E-state index >= 15 is 0 Å². The predicted octanol–water partition coefficient (Wildman–Crippen LogP) is 2.58. The minimum absolute atomic E-state index is 0.648. The van der Waals surface area contributed by atoms with Crippen molar-refractivity contribution in [1.29, 1.82) is 0 Å². The molecule has 0 radical (unpaired) electrons. The summed E-state index contributed by atoms with van der Waals surface area (Å²) in [6.45, 7) is 5.75. The predicted molar refractivity (Wildman–Crippen MR) is 77.5 cm³/mol. The fourth-order valence-corrected chi connectivity index (χ4v) is 3.18. The maximum atomic E-state index is 6.00. The first-order chi connectivity index (χ1) is 8.33. The number of hydrogen-bond acceptors (Lipinski definition) is 3. The third-order valence-corrected chi connectivity index (χ3v) is 4.90. The van der Waals surface area contributed by atoms with E-state index in [4.69, 9.17) is 5.73 Å². The minimum atomic E-state index is 0.648. The molecule has 0 aromatic rings. The lowest BCUT2D eigenvalue weighted by Gasteiger charge is -2.31. The zero-order valence-corrected chi connectivity index (χ0v) is 12.1. The quantitative estimate of drug-likeness (QED) is 0.609. The van der Waals surface area contributed by atoms with Crippen LogP contribution in [0.5, 0.6) is 0 Å². The molecule has 2 nitrogen and oxygen atoms in total. The lowest BCUT2D eigenvalue weighted by Crippen LogP contribution is -2.43. The summed E-state index contributed by atoms with van der Waals surface area (Å²) in [6, 6.07) is 0.648. The maximum Gasteiger partial charge on any atom is 0.0226 e. The van der Waals surface area contributed by atoms with Crippen molar-refractivity contribution in [2.45, 2.75) is 45.1 Å². The molecule has 17 heavy (non-hydrogen) atoms. The first-order valence-corrected chi connectivity index (χ1v) is 8.50. The third-order valence-electron chi connectivity index (χ3n) is 3.97. The molecule has 0 heterocycles. The number of nitrogens with zero attached hydrogens (tertiary/aromatic N) is 1. The Hall–Kier alpha value is 0.270. The van der Waals surface area contributed by atoms with Crippen LogP contribution in [0.2, 0.25) is 0 Å². The van der Waals surface area contributed by atoms with Gasteiger partial charge in [0.25, 0.3) is 0 Å². The van der Waals surface area contributed by atoms with Gasteiger partial charge in [0.05, 0.1) is 0 Å². The standard InChI is InChI=1S/C14H28N2S/c1-2-17-8-7-14(9-15)16(10-12-3-4-12)11-13-5-6-13/h12-14H,2-11,15H2,1H3. The number of nitrogens with two attached hydrogens (primary N) is 1. The Morgan fingerprint density at radius 3 is 2.18 bits per heavy atom. The van der Waals surface area contributed by atoms with Crippen LogP contribution in [-0.4, -0.2) is 42.1 Å². The molecule has 0 bridgehead atoms. The molecular weight excluding hydrogens is 228 g/mol. The van der Waals surface area contributed by atoms with Crippen molar-refractivity contribution in [3.63, 3.8) is 0 Å². The van der Waals surface area contributed by atoms with Crippen molar-refractivity contribution in [2.24, 2.45) is 17.6 Å². The summed E-state index contributed by atoms with van der Waals surface area (Å²) >= 11 is 2.06. The number of thioether (sulfide) groups is 1. The van der Waals surface area contributed by atoms with Gasteiger partial charge in [-0.3, -0.25) is 4.90 Å². The molecule has 100 valence electrons. The van der Waals surface area contributed by atoms with E-state index in [0.29, 0.717) is 6.04 Å². The topological polar surface area (TPSA) is 29.3 Å². The molecule has 2 aliphatic rings. The molecule has 1 unspecified atom stereocenters. The third kappa shape index (κ3) is 5.19. The second-order valence-corrected chi connectivity index (χ2v) is 7.11. The lowest BCUT2D eigenvalue weighted by molar-refractivity contribution is 0.180. The zero-order valence-electron chi connectivity index (χ0n) is 11.2. The van der Waals surface area contributed by atoms with Crippen LogP contribution < -0.4 is 5.73 Å². The highest BCUT2D eigenvalue weighted by atomic mass is 32.2. The fraction of sp³-hybridized carbons (Fsp3) is 1.00. The molecule has 0 aromatic carbocycles. The SMILES string of the molecule is CCSCCC(CN)N(CC1CC1)CC1CC1. The van der Waals surface area contributed by atoms with Gasteiger partial charge < -0.3 is 5.73 Å². The monoisotopic (exact) mass is 256 g/mol. The lowest BCUT2D eigenvalue weighted by atomic mass is 10.1. The van der Waals surface area contributed by atoms with Gasteiger partial charge in [0.2, 0.25) is 0 Å². The molecule has 2 N–H and O–H groups in total. The molecule has 1 atom stereocenters. The van der Waals surface area contributed by atoms with E-state index in [1.807, 2.05) is 0 Å². The maximum absolute atomic E-state index is 6.00. The molecular formula is C14H28N2S. The Morgan fingerprint density at radius 2 is 1.76 bits per heavy atom. The summed E-state index contributed by atoms with van der Waals surface area (Å²) < 4.78 is 0. The Labute approximate surface area is 111 Å². The summed E-state index contributed by atoms with van der Waals surface area (Å²) in [5.41, 5.74) is 6.00. The van der Waals surface area contributed by atoms with E-state index in [9.17, 15) is 0 Å². The van der Waals surface area contributed by atoms with Gasteiger partial charge in [0.15, 0.2) is 0 Å². The van der Waals surface area contributed by atoms with E-state index in [1.54, 1.807) is 0 Å². The molecule has 2 aliphatic carbocycles. The van der Waals surface area contributed by atoms with Gasteiger partial charge in [0.1, 0.15) is 0 Å². The van der Waals surface area contributed by atoms with Gasteiger partial charge in [-0.15, -0.1) is 0 Å². The number of hydrogen-bond donors (Lipinski definition) is 1. The van der Waals surface area contributed by atoms with Gasteiger partial charge in [-0.05, 0) is 55.4 Å². The van der Waals surface area contributed by atoms with Crippen LogP contribution >= 0.6 is 11.8 Å². The highest BCUT2D eigenvalue weighted by Crippen LogP contribution is 2.34. The highest BCUT2D eigenvalue weighted by Gasteiger charge is 2.31. The van der Waals surface area contributed by atoms with Crippen LogP contribution in [0.3, 0.4) is 0 Å². The first-order valence-electron chi connectivity index (χ1n) is 7.35. The zero-order chi connectivity index (χ0) is 12.1. The minimum Gasteiger partial charge on any atom is -0.329 e. The largest absolute Gasteiger partial charge is 0.329 e. The van der Waals surface area contributed by atoms with E-state index in [0.717, 1.165) is 18.4 Å². The van der Waals surface area contributed by atoms with E-state index in [1.165, 1.54) is 56.7 Å². The van der Waals surface area contributed by atoms with E-state index in [-0.39, 0.29) is 0 Å². The van der Waals surface area contributed by atoms with Gasteiger partial charge >= 0.3 is 0 Å². The average molecular weight is 256 g/mol. The normalized spacial score (nSPS) is 22.1. The molecule has 2 saturated carbocycles. The van der Waals surface area contributed by atoms with Crippen molar-refractivity contribution in [2.75, 3.05) is 31.1 Å². The Bertz CT molecular complexity index is 200. The molecule has 2 rings (SSSR count). The highest BCUT2D eigenvalue weighted by molar-refractivity contribution is 7.99. The van der Waals surface area contributed by atoms with Crippen LogP contribution in [0.4, 0.5) is 0 Å². The van der Waals surface area contributed by atoms with Gasteiger partial charge in [-0.1, -0.05) is 6.92 Å². The molecule has 0 spiro atoms. The second-order valence-electron chi connectivity index (χ2n) is 5.72. The van der Waals surface area contributed by atoms with Crippen LogP contribution in [0.15, 0.2) is 0 Å². The van der Waals surface area contributed by atoms with Gasteiger partial charge in [0, 0.05) is 25.7 Å². The van der Waals surface area contributed by atoms with Crippen molar-refractivity contribution in [3.05, 3.63) is 0 Å². The fourth-order valence-electron chi connectivity index (χ4n) is 2.45. The molecule has 0 saturated heterocycles. The average Bonchev–Trinajstić information content (AvgIpc) is 3.19. The van der Waals surface area contributed by atoms with Crippen molar-refractivity contribution in [3.8, 4) is 0 Å². The second kappa shape index (κ2) is 7.01. The van der Waals surface area contributed by atoms with E-state index in [2.05, 4.69) is 23.6 Å². The summed E-state index contributed by atoms with van der Waals surface area (Å²) in [5, 5.41) is 0. The molecule has 2 fully saturated rings. The van der Waals surface area contributed by atoms with Gasteiger partial charge in [-0.25, -0.2) is 0 Å². The summed E-state index contributed by atoms with van der Waals surface area (Å²) in [5.74, 6) is 4.52.